The van der Waals surface area contributed by atoms with Crippen LogP contribution in [0.25, 0.3) is 0 Å². The Balaban J connectivity index is 2.15. The van der Waals surface area contributed by atoms with Crippen LogP contribution < -0.4 is 5.32 Å². The van der Waals surface area contributed by atoms with Gasteiger partial charge in [-0.3, -0.25) is 4.79 Å². The van der Waals surface area contributed by atoms with E-state index in [0.29, 0.717) is 13.0 Å². The molecule has 0 aromatic rings. The molecule has 2 atom stereocenters. The molecule has 0 aromatic carbocycles. The number of nitrogens with one attached hydrogen (secondary N) is 1. The summed E-state index contributed by atoms with van der Waals surface area (Å²) < 4.78 is 12.1. The zero-order valence-corrected chi connectivity index (χ0v) is 24.1. The average Bonchev–Trinajstić information content (AvgIpc) is 2.83. The van der Waals surface area contributed by atoms with Crippen molar-refractivity contribution < 1.29 is 14.3 Å². The van der Waals surface area contributed by atoms with E-state index in [1.807, 2.05) is 13.8 Å². The summed E-state index contributed by atoms with van der Waals surface area (Å²) in [6.07, 6.45) is 28.0. The van der Waals surface area contributed by atoms with E-state index in [9.17, 15) is 4.79 Å². The summed E-state index contributed by atoms with van der Waals surface area (Å²) >= 11 is 0. The molecule has 0 aromatic heterocycles. The first-order chi connectivity index (χ1) is 17.0. The van der Waals surface area contributed by atoms with Gasteiger partial charge in [-0.25, -0.2) is 0 Å². The Morgan fingerprint density at radius 3 is 1.60 bits per heavy atom. The number of carbonyl (C=O) groups is 1. The van der Waals surface area contributed by atoms with Crippen molar-refractivity contribution >= 4 is 5.91 Å². The van der Waals surface area contributed by atoms with Crippen LogP contribution in [0.15, 0.2) is 0 Å². The second-order valence-electron chi connectivity index (χ2n) is 11.4. The lowest BCUT2D eigenvalue weighted by molar-refractivity contribution is -0.283. The first-order valence-electron chi connectivity index (χ1n) is 15.6. The number of ether oxygens (including phenoxy) is 2. The number of hydrogen-bond acceptors (Lipinski definition) is 3. The Labute approximate surface area is 219 Å². The first-order valence-corrected chi connectivity index (χ1v) is 15.6. The standard InChI is InChI=1S/C31H61NO3/c1-5-7-9-11-13-15-16-18-19-21-23-25-29-28(27-34-31(3,4)35-29)32-30(33)26-24-22-20-17-14-12-10-8-6-2/h28-29H,5-27H2,1-4H3,(H,32,33)/t28-,29+/m0/s1. The Morgan fingerprint density at radius 1 is 0.686 bits per heavy atom. The lowest BCUT2D eigenvalue weighted by Crippen LogP contribution is -2.55. The Morgan fingerprint density at radius 2 is 1.11 bits per heavy atom. The second kappa shape index (κ2) is 21.5. The predicted octanol–water partition coefficient (Wildman–Crippen LogP) is 9.24. The smallest absolute Gasteiger partial charge is 0.220 e. The van der Waals surface area contributed by atoms with Crippen LogP contribution in [0.3, 0.4) is 0 Å². The van der Waals surface area contributed by atoms with Gasteiger partial charge in [0.25, 0.3) is 0 Å². The van der Waals surface area contributed by atoms with Crippen LogP contribution >= 0.6 is 0 Å². The van der Waals surface area contributed by atoms with Crippen molar-refractivity contribution in [2.75, 3.05) is 6.61 Å². The van der Waals surface area contributed by atoms with Crippen LogP contribution in [0, 0.1) is 0 Å². The molecular weight excluding hydrogens is 434 g/mol. The minimum absolute atomic E-state index is 0.0165. The molecule has 1 N–H and O–H groups in total. The fourth-order valence-electron chi connectivity index (χ4n) is 5.16. The molecule has 1 amide bonds. The summed E-state index contributed by atoms with van der Waals surface area (Å²) in [5.74, 6) is -0.394. The Kier molecular flexibility index (Phi) is 19.9. The molecule has 35 heavy (non-hydrogen) atoms. The minimum atomic E-state index is -0.555. The molecule has 0 saturated carbocycles. The maximum atomic E-state index is 12.6. The second-order valence-corrected chi connectivity index (χ2v) is 11.4. The first kappa shape index (κ1) is 32.4. The maximum Gasteiger partial charge on any atom is 0.220 e. The van der Waals surface area contributed by atoms with Crippen LogP contribution in [0.2, 0.25) is 0 Å². The molecular formula is C31H61NO3. The molecule has 1 heterocycles. The molecule has 4 nitrogen and oxygen atoms in total. The van der Waals surface area contributed by atoms with E-state index in [2.05, 4.69) is 19.2 Å². The molecule has 208 valence electrons. The molecule has 0 aliphatic carbocycles. The number of amides is 1. The minimum Gasteiger partial charge on any atom is -0.348 e. The van der Waals surface area contributed by atoms with Crippen molar-refractivity contribution in [1.82, 2.24) is 5.32 Å². The summed E-state index contributed by atoms with van der Waals surface area (Å²) in [5.41, 5.74) is 0. The number of unbranched alkanes of at least 4 members (excludes halogenated alkanes) is 18. The highest BCUT2D eigenvalue weighted by Gasteiger charge is 2.36. The molecule has 0 bridgehead atoms. The Hall–Kier alpha value is -0.610. The third kappa shape index (κ3) is 18.3. The van der Waals surface area contributed by atoms with Crippen LogP contribution in [-0.4, -0.2) is 30.4 Å². The van der Waals surface area contributed by atoms with E-state index < -0.39 is 5.79 Å². The Bertz CT molecular complexity index is 494. The van der Waals surface area contributed by atoms with Crippen molar-refractivity contribution in [3.63, 3.8) is 0 Å². The summed E-state index contributed by atoms with van der Waals surface area (Å²) in [7, 11) is 0. The van der Waals surface area contributed by atoms with Gasteiger partial charge in [-0.1, -0.05) is 136 Å². The van der Waals surface area contributed by atoms with Gasteiger partial charge in [-0.15, -0.1) is 0 Å². The molecule has 0 spiro atoms. The van der Waals surface area contributed by atoms with Crippen LogP contribution in [0.4, 0.5) is 0 Å². The SMILES string of the molecule is CCCCCCCCCCCCC[C@H]1OC(C)(C)OC[C@@H]1NC(=O)CCCCCCCCCCC. The quantitative estimate of drug-likeness (QED) is 0.144. The zero-order valence-electron chi connectivity index (χ0n) is 24.1. The van der Waals surface area contributed by atoms with E-state index in [4.69, 9.17) is 9.47 Å². The molecule has 1 rings (SSSR count). The van der Waals surface area contributed by atoms with Crippen LogP contribution in [-0.2, 0) is 14.3 Å². The fourth-order valence-corrected chi connectivity index (χ4v) is 5.16. The van der Waals surface area contributed by atoms with Gasteiger partial charge < -0.3 is 14.8 Å². The molecule has 1 aliphatic heterocycles. The van der Waals surface area contributed by atoms with Gasteiger partial charge in [0.15, 0.2) is 5.79 Å². The third-order valence-corrected chi connectivity index (χ3v) is 7.44. The normalized spacial score (nSPS) is 19.7. The molecule has 1 aliphatic rings. The van der Waals surface area contributed by atoms with Gasteiger partial charge in [0.2, 0.25) is 5.91 Å². The van der Waals surface area contributed by atoms with Gasteiger partial charge in [0, 0.05) is 6.42 Å². The average molecular weight is 496 g/mol. The third-order valence-electron chi connectivity index (χ3n) is 7.44. The molecule has 1 saturated heterocycles. The predicted molar refractivity (Wildman–Crippen MR) is 150 cm³/mol. The van der Waals surface area contributed by atoms with Crippen LogP contribution in [0.1, 0.15) is 169 Å². The van der Waals surface area contributed by atoms with Crippen molar-refractivity contribution in [2.24, 2.45) is 0 Å². The lowest BCUT2D eigenvalue weighted by atomic mass is 10.00. The van der Waals surface area contributed by atoms with Crippen molar-refractivity contribution in [3.8, 4) is 0 Å². The summed E-state index contributed by atoms with van der Waals surface area (Å²) in [5, 5.41) is 3.23. The van der Waals surface area contributed by atoms with E-state index >= 15 is 0 Å². The molecule has 4 heteroatoms. The highest BCUT2D eigenvalue weighted by molar-refractivity contribution is 5.76. The summed E-state index contributed by atoms with van der Waals surface area (Å²) in [4.78, 5) is 12.6. The highest BCUT2D eigenvalue weighted by Crippen LogP contribution is 2.26. The van der Waals surface area contributed by atoms with Gasteiger partial charge in [0.1, 0.15) is 0 Å². The highest BCUT2D eigenvalue weighted by atomic mass is 16.7. The maximum absolute atomic E-state index is 12.6. The molecule has 1 fully saturated rings. The van der Waals surface area contributed by atoms with Gasteiger partial charge in [-0.2, -0.15) is 0 Å². The monoisotopic (exact) mass is 495 g/mol. The number of hydrogen-bond donors (Lipinski definition) is 1. The summed E-state index contributed by atoms with van der Waals surface area (Å²) in [6, 6.07) is -0.0165. The molecule has 0 unspecified atom stereocenters. The van der Waals surface area contributed by atoms with Crippen molar-refractivity contribution in [1.29, 1.82) is 0 Å². The number of carbonyl (C=O) groups excluding carboxylic acids is 1. The summed E-state index contributed by atoms with van der Waals surface area (Å²) in [6.45, 7) is 9.07. The van der Waals surface area contributed by atoms with Crippen molar-refractivity contribution in [2.45, 2.75) is 187 Å². The van der Waals surface area contributed by atoms with E-state index in [1.165, 1.54) is 116 Å². The van der Waals surface area contributed by atoms with Crippen molar-refractivity contribution in [3.05, 3.63) is 0 Å². The van der Waals surface area contributed by atoms with E-state index in [-0.39, 0.29) is 18.1 Å². The van der Waals surface area contributed by atoms with E-state index in [0.717, 1.165) is 19.3 Å². The topological polar surface area (TPSA) is 47.6 Å². The van der Waals surface area contributed by atoms with Gasteiger partial charge in [-0.05, 0) is 26.7 Å². The van der Waals surface area contributed by atoms with Crippen LogP contribution in [0.5, 0.6) is 0 Å². The van der Waals surface area contributed by atoms with Gasteiger partial charge >= 0.3 is 0 Å². The zero-order chi connectivity index (χ0) is 25.6. The largest absolute Gasteiger partial charge is 0.348 e. The molecule has 0 radical (unpaired) electrons. The lowest BCUT2D eigenvalue weighted by Gasteiger charge is -2.41. The fraction of sp³-hybridized carbons (Fsp3) is 0.968. The number of rotatable bonds is 23. The van der Waals surface area contributed by atoms with E-state index in [1.54, 1.807) is 0 Å². The van der Waals surface area contributed by atoms with Gasteiger partial charge in [0.05, 0.1) is 18.8 Å².